The molecule has 164 valence electrons. The monoisotopic (exact) mass is 526 g/mol. The topological polar surface area (TPSA) is 75.2 Å². The molecule has 7 nitrogen and oxygen atoms in total. The molecule has 0 fully saturated rings. The first-order chi connectivity index (χ1) is 14.1. The summed E-state index contributed by atoms with van der Waals surface area (Å²) in [5.41, 5.74) is 2.19. The van der Waals surface area contributed by atoms with Crippen LogP contribution in [0.1, 0.15) is 11.1 Å². The largest absolute Gasteiger partial charge is 0.497 e. The lowest BCUT2D eigenvalue weighted by molar-refractivity contribution is -0.120. The Kier molecular flexibility index (Phi) is 11.7. The first-order valence-electron chi connectivity index (χ1n) is 9.50. The molecule has 0 aliphatic rings. The van der Waals surface area contributed by atoms with E-state index in [-0.39, 0.29) is 36.4 Å². The minimum Gasteiger partial charge on any atom is -0.497 e. The molecule has 0 saturated heterocycles. The molecule has 0 aromatic heterocycles. The number of nitrogens with one attached hydrogen (secondary N) is 2. The maximum atomic E-state index is 12.1. The van der Waals surface area contributed by atoms with E-state index in [1.165, 1.54) is 5.56 Å². The lowest BCUT2D eigenvalue weighted by atomic mass is 10.1. The van der Waals surface area contributed by atoms with E-state index in [0.29, 0.717) is 19.0 Å². The van der Waals surface area contributed by atoms with Gasteiger partial charge in [-0.25, -0.2) is 0 Å². The lowest BCUT2D eigenvalue weighted by Gasteiger charge is -2.23. The highest BCUT2D eigenvalue weighted by Gasteiger charge is 2.12. The summed E-state index contributed by atoms with van der Waals surface area (Å²) in [6.45, 7) is 1.33. The number of nitrogens with zero attached hydrogens (tertiary/aromatic N) is 2. The van der Waals surface area contributed by atoms with Crippen LogP contribution >= 0.6 is 24.0 Å². The SMILES string of the molecule is CN=C(NCC(=O)NCCc1ccccc1)N(C)Cc1ccc(OC)cc1OC.I. The summed E-state index contributed by atoms with van der Waals surface area (Å²) in [5, 5.41) is 6.02. The molecule has 0 radical (unpaired) electrons. The third kappa shape index (κ3) is 8.10. The number of amides is 1. The van der Waals surface area contributed by atoms with Crippen LogP contribution in [0.4, 0.5) is 0 Å². The number of benzene rings is 2. The standard InChI is InChI=1S/C22H30N4O3.HI/c1-23-22(25-15-21(27)24-13-12-17-8-6-5-7-9-17)26(2)16-18-10-11-19(28-3)14-20(18)29-4;/h5-11,14H,12-13,15-16H2,1-4H3,(H,23,25)(H,24,27);1H. The molecule has 2 rings (SSSR count). The maximum Gasteiger partial charge on any atom is 0.239 e. The molecule has 0 heterocycles. The van der Waals surface area contributed by atoms with Gasteiger partial charge in [-0.05, 0) is 24.1 Å². The van der Waals surface area contributed by atoms with E-state index in [0.717, 1.165) is 23.5 Å². The first kappa shape index (κ1) is 25.5. The maximum absolute atomic E-state index is 12.1. The molecule has 8 heteroatoms. The van der Waals surface area contributed by atoms with Gasteiger partial charge < -0.3 is 25.0 Å². The average molecular weight is 526 g/mol. The first-order valence-corrected chi connectivity index (χ1v) is 9.50. The van der Waals surface area contributed by atoms with Crippen LogP contribution in [-0.2, 0) is 17.8 Å². The highest BCUT2D eigenvalue weighted by molar-refractivity contribution is 14.0. The minimum absolute atomic E-state index is 0. The third-order valence-electron chi connectivity index (χ3n) is 4.46. The second-order valence-corrected chi connectivity index (χ2v) is 6.52. The van der Waals surface area contributed by atoms with Gasteiger partial charge in [0.25, 0.3) is 0 Å². The molecule has 0 bridgehead atoms. The van der Waals surface area contributed by atoms with Crippen molar-refractivity contribution >= 4 is 35.8 Å². The predicted molar refractivity (Wildman–Crippen MR) is 131 cm³/mol. The zero-order chi connectivity index (χ0) is 21.1. The van der Waals surface area contributed by atoms with Crippen LogP contribution in [0, 0.1) is 0 Å². The third-order valence-corrected chi connectivity index (χ3v) is 4.46. The molecule has 0 atom stereocenters. The normalized spacial score (nSPS) is 10.6. The fourth-order valence-corrected chi connectivity index (χ4v) is 2.91. The van der Waals surface area contributed by atoms with E-state index < -0.39 is 0 Å². The molecular weight excluding hydrogens is 495 g/mol. The van der Waals surface area contributed by atoms with E-state index in [1.807, 2.05) is 48.3 Å². The fourth-order valence-electron chi connectivity index (χ4n) is 2.91. The minimum atomic E-state index is -0.0718. The molecule has 2 aromatic rings. The molecule has 30 heavy (non-hydrogen) atoms. The summed E-state index contributed by atoms with van der Waals surface area (Å²) >= 11 is 0. The van der Waals surface area contributed by atoms with Gasteiger partial charge in [-0.3, -0.25) is 9.79 Å². The van der Waals surface area contributed by atoms with E-state index in [1.54, 1.807) is 21.3 Å². The molecule has 0 unspecified atom stereocenters. The van der Waals surface area contributed by atoms with Crippen molar-refractivity contribution in [3.8, 4) is 11.5 Å². The van der Waals surface area contributed by atoms with E-state index in [9.17, 15) is 4.79 Å². The number of aliphatic imine (C=N–C) groups is 1. The van der Waals surface area contributed by atoms with Crippen molar-refractivity contribution in [2.24, 2.45) is 4.99 Å². The number of carbonyl (C=O) groups excluding carboxylic acids is 1. The lowest BCUT2D eigenvalue weighted by Crippen LogP contribution is -2.44. The summed E-state index contributed by atoms with van der Waals surface area (Å²) in [6.07, 6.45) is 0.804. The Morgan fingerprint density at radius 1 is 1.07 bits per heavy atom. The zero-order valence-electron chi connectivity index (χ0n) is 18.0. The van der Waals surface area contributed by atoms with Gasteiger partial charge >= 0.3 is 0 Å². The average Bonchev–Trinajstić information content (AvgIpc) is 2.75. The number of ether oxygens (including phenoxy) is 2. The van der Waals surface area contributed by atoms with Crippen molar-refractivity contribution < 1.29 is 14.3 Å². The summed E-state index contributed by atoms with van der Waals surface area (Å²) in [7, 11) is 6.85. The highest BCUT2D eigenvalue weighted by atomic mass is 127. The van der Waals surface area contributed by atoms with Crippen molar-refractivity contribution in [3.63, 3.8) is 0 Å². The van der Waals surface area contributed by atoms with Crippen LogP contribution in [0.2, 0.25) is 0 Å². The van der Waals surface area contributed by atoms with Gasteiger partial charge in [-0.15, -0.1) is 24.0 Å². The summed E-state index contributed by atoms with van der Waals surface area (Å²) in [4.78, 5) is 18.3. The number of rotatable bonds is 9. The Morgan fingerprint density at radius 2 is 1.80 bits per heavy atom. The smallest absolute Gasteiger partial charge is 0.239 e. The highest BCUT2D eigenvalue weighted by Crippen LogP contribution is 2.25. The predicted octanol–water partition coefficient (Wildman–Crippen LogP) is 2.69. The van der Waals surface area contributed by atoms with Crippen molar-refractivity contribution in [1.29, 1.82) is 0 Å². The molecule has 0 spiro atoms. The molecular formula is C22H31IN4O3. The number of hydrogen-bond donors (Lipinski definition) is 2. The molecule has 0 aliphatic heterocycles. The fraction of sp³-hybridized carbons (Fsp3) is 0.364. The van der Waals surface area contributed by atoms with Gasteiger partial charge in [-0.2, -0.15) is 0 Å². The van der Waals surface area contributed by atoms with Crippen LogP contribution in [0.3, 0.4) is 0 Å². The summed E-state index contributed by atoms with van der Waals surface area (Å²) < 4.78 is 10.7. The Balaban J connectivity index is 0.00000450. The van der Waals surface area contributed by atoms with Crippen molar-refractivity contribution in [3.05, 3.63) is 59.7 Å². The molecule has 0 saturated carbocycles. The van der Waals surface area contributed by atoms with Crippen LogP contribution < -0.4 is 20.1 Å². The van der Waals surface area contributed by atoms with Crippen molar-refractivity contribution in [2.45, 2.75) is 13.0 Å². The van der Waals surface area contributed by atoms with Gasteiger partial charge in [0, 0.05) is 38.8 Å². The van der Waals surface area contributed by atoms with Gasteiger partial charge in [0.1, 0.15) is 11.5 Å². The second kappa shape index (κ2) is 13.7. The zero-order valence-corrected chi connectivity index (χ0v) is 20.3. The number of methoxy groups -OCH3 is 2. The number of carbonyl (C=O) groups is 1. The Bertz CT molecular complexity index is 815. The molecule has 1 amide bonds. The van der Waals surface area contributed by atoms with Crippen LogP contribution in [-0.4, -0.2) is 58.2 Å². The van der Waals surface area contributed by atoms with E-state index in [2.05, 4.69) is 27.8 Å². The molecule has 2 aromatic carbocycles. The van der Waals surface area contributed by atoms with Crippen LogP contribution in [0.5, 0.6) is 11.5 Å². The molecule has 2 N–H and O–H groups in total. The number of guanidine groups is 1. The van der Waals surface area contributed by atoms with Gasteiger partial charge in [0.2, 0.25) is 5.91 Å². The van der Waals surface area contributed by atoms with Crippen molar-refractivity contribution in [2.75, 3.05) is 41.4 Å². The van der Waals surface area contributed by atoms with E-state index >= 15 is 0 Å². The Morgan fingerprint density at radius 3 is 2.43 bits per heavy atom. The van der Waals surface area contributed by atoms with E-state index in [4.69, 9.17) is 9.47 Å². The van der Waals surface area contributed by atoms with Gasteiger partial charge in [0.15, 0.2) is 5.96 Å². The Hall–Kier alpha value is -2.49. The van der Waals surface area contributed by atoms with Crippen LogP contribution in [0.25, 0.3) is 0 Å². The van der Waals surface area contributed by atoms with Gasteiger partial charge in [0.05, 0.1) is 20.8 Å². The number of halogens is 1. The Labute approximate surface area is 195 Å². The summed E-state index contributed by atoms with van der Waals surface area (Å²) in [5.74, 6) is 2.03. The second-order valence-electron chi connectivity index (χ2n) is 6.52. The summed E-state index contributed by atoms with van der Waals surface area (Å²) in [6, 6.07) is 15.8. The molecule has 0 aliphatic carbocycles. The van der Waals surface area contributed by atoms with Gasteiger partial charge in [-0.1, -0.05) is 30.3 Å². The van der Waals surface area contributed by atoms with Crippen molar-refractivity contribution in [1.82, 2.24) is 15.5 Å². The number of hydrogen-bond acceptors (Lipinski definition) is 4. The van der Waals surface area contributed by atoms with Crippen LogP contribution in [0.15, 0.2) is 53.5 Å². The quantitative estimate of drug-likeness (QED) is 0.299.